The fraction of sp³-hybridized carbons (Fsp3) is 0.435. The molecule has 33 heavy (non-hydrogen) atoms. The van der Waals surface area contributed by atoms with E-state index in [-0.39, 0.29) is 28.6 Å². The van der Waals surface area contributed by atoms with Crippen molar-refractivity contribution in [2.24, 2.45) is 0 Å². The second-order valence-corrected chi connectivity index (χ2v) is 11.3. The van der Waals surface area contributed by atoms with Gasteiger partial charge in [0.15, 0.2) is 5.82 Å². The quantitative estimate of drug-likeness (QED) is 0.408. The van der Waals surface area contributed by atoms with E-state index in [4.69, 9.17) is 4.74 Å². The van der Waals surface area contributed by atoms with Crippen molar-refractivity contribution in [3.05, 3.63) is 59.9 Å². The molecule has 0 radical (unpaired) electrons. The third kappa shape index (κ3) is 4.45. The Hall–Kier alpha value is -1.88. The summed E-state index contributed by atoms with van der Waals surface area (Å²) in [5.74, 6) is -0.827. The number of hydrogen-bond donors (Lipinski definition) is 0. The summed E-state index contributed by atoms with van der Waals surface area (Å²) in [6.07, 6.45) is 2.18. The van der Waals surface area contributed by atoms with Gasteiger partial charge in [-0.05, 0) is 76.0 Å². The molecular weight excluding hydrogens is 469 g/mol. The van der Waals surface area contributed by atoms with Gasteiger partial charge in [-0.2, -0.15) is 9.51 Å². The smallest absolute Gasteiger partial charge is 0.353 e. The van der Waals surface area contributed by atoms with Crippen LogP contribution in [0.15, 0.2) is 48.5 Å². The van der Waals surface area contributed by atoms with E-state index in [2.05, 4.69) is 17.0 Å². The highest BCUT2D eigenvalue weighted by Crippen LogP contribution is 2.50. The average Bonchev–Trinajstić information content (AvgIpc) is 2.99. The number of urea groups is 1. The van der Waals surface area contributed by atoms with E-state index in [0.717, 1.165) is 16.5 Å². The van der Waals surface area contributed by atoms with Crippen LogP contribution in [0.2, 0.25) is 0 Å². The maximum absolute atomic E-state index is 15.3. The molecule has 2 unspecified atom stereocenters. The van der Waals surface area contributed by atoms with E-state index in [1.165, 1.54) is 12.1 Å². The third-order valence-corrected chi connectivity index (χ3v) is 7.16. The molecule has 0 bridgehead atoms. The molecule has 1 aliphatic carbocycles. The van der Waals surface area contributed by atoms with Crippen molar-refractivity contribution < 1.29 is 22.8 Å². The zero-order valence-electron chi connectivity index (χ0n) is 18.6. The summed E-state index contributed by atoms with van der Waals surface area (Å²) in [4.78, 5) is 16.1. The fourth-order valence-corrected chi connectivity index (χ4v) is 5.37. The van der Waals surface area contributed by atoms with Crippen LogP contribution in [0.25, 0.3) is 0 Å². The first-order chi connectivity index (χ1) is 15.5. The SMILES string of the molecule is CN(C)[C@]1(c2ccccc2)CC[C@]2(CC1)CN(c1ccc(OC(F)(P)P)cc1F)C(=O)N2F. The Morgan fingerprint density at radius 1 is 1.06 bits per heavy atom. The van der Waals surface area contributed by atoms with Crippen LogP contribution in [0, 0.1) is 5.82 Å². The molecule has 2 atom stereocenters. The van der Waals surface area contributed by atoms with Gasteiger partial charge in [0.2, 0.25) is 0 Å². The van der Waals surface area contributed by atoms with E-state index >= 15 is 4.48 Å². The van der Waals surface area contributed by atoms with Crippen molar-refractivity contribution in [1.82, 2.24) is 10.0 Å². The number of carbonyl (C=O) groups excluding carboxylic acids is 1. The molecular formula is C23H28F3N3O2P2. The Morgan fingerprint density at radius 3 is 2.24 bits per heavy atom. The molecule has 4 rings (SSSR count). The Balaban J connectivity index is 1.57. The largest absolute Gasteiger partial charge is 0.452 e. The minimum Gasteiger partial charge on any atom is -0.452 e. The van der Waals surface area contributed by atoms with Crippen molar-refractivity contribution in [3.8, 4) is 5.75 Å². The standard InChI is InChI=1S/C23H28F3N3O2P2/c1-27(2)22(16-6-4-3-5-7-16)12-10-21(11-13-22)15-28(20(30)29(21)26)19-9-8-17(14-18(19)24)31-23(25,32)33/h3-9,14H,10-13,15,32-33H2,1-2H3/t21-,22+. The molecule has 2 aromatic carbocycles. The first-order valence-corrected chi connectivity index (χ1v) is 11.9. The summed E-state index contributed by atoms with van der Waals surface area (Å²) in [6, 6.07) is 12.9. The maximum atomic E-state index is 15.3. The molecule has 0 aromatic heterocycles. The molecule has 2 amide bonds. The molecule has 0 N–H and O–H groups in total. The second-order valence-electron chi connectivity index (χ2n) is 9.08. The molecule has 2 aliphatic rings. The van der Waals surface area contributed by atoms with Crippen LogP contribution in [0.1, 0.15) is 31.2 Å². The van der Waals surface area contributed by atoms with Gasteiger partial charge in [0.05, 0.1) is 17.8 Å². The molecule has 1 saturated carbocycles. The zero-order valence-corrected chi connectivity index (χ0v) is 20.9. The molecule has 10 heteroatoms. The molecule has 178 valence electrons. The first kappa shape index (κ1) is 24.3. The van der Waals surface area contributed by atoms with E-state index in [1.54, 1.807) is 0 Å². The summed E-state index contributed by atoms with van der Waals surface area (Å²) in [7, 11) is 7.69. The predicted octanol–water partition coefficient (Wildman–Crippen LogP) is 5.43. The van der Waals surface area contributed by atoms with Crippen LogP contribution in [0.3, 0.4) is 0 Å². The Labute approximate surface area is 196 Å². The average molecular weight is 497 g/mol. The van der Waals surface area contributed by atoms with Crippen LogP contribution in [0.5, 0.6) is 5.75 Å². The van der Waals surface area contributed by atoms with E-state index in [0.29, 0.717) is 25.7 Å². The summed E-state index contributed by atoms with van der Waals surface area (Å²) in [6.45, 7) is 0.0397. The number of alkyl halides is 1. The van der Waals surface area contributed by atoms with Crippen LogP contribution in [-0.2, 0) is 5.54 Å². The minimum absolute atomic E-state index is 0.0397. The van der Waals surface area contributed by atoms with Crippen LogP contribution >= 0.6 is 18.5 Å². The summed E-state index contributed by atoms with van der Waals surface area (Å²) in [5.41, 5.74) is -0.189. The number of carbonyl (C=O) groups is 1. The van der Waals surface area contributed by atoms with Crippen LogP contribution < -0.4 is 9.64 Å². The lowest BCUT2D eigenvalue weighted by Gasteiger charge is -2.49. The van der Waals surface area contributed by atoms with Gasteiger partial charge in [-0.25, -0.2) is 9.18 Å². The summed E-state index contributed by atoms with van der Waals surface area (Å²) in [5, 5.41) is -1.86. The molecule has 2 aromatic rings. The van der Waals surface area contributed by atoms with Gasteiger partial charge in [-0.3, -0.25) is 9.80 Å². The van der Waals surface area contributed by atoms with Gasteiger partial charge in [-0.15, -0.1) is 0 Å². The Bertz CT molecular complexity index is 1030. The molecule has 1 spiro atoms. The number of anilines is 1. The van der Waals surface area contributed by atoms with Gasteiger partial charge >= 0.3 is 6.03 Å². The van der Waals surface area contributed by atoms with E-state index < -0.39 is 22.7 Å². The van der Waals surface area contributed by atoms with Crippen molar-refractivity contribution in [3.63, 3.8) is 0 Å². The molecule has 2 fully saturated rings. The highest BCUT2D eigenvalue weighted by Gasteiger charge is 2.56. The lowest BCUT2D eigenvalue weighted by molar-refractivity contribution is -0.0562. The van der Waals surface area contributed by atoms with E-state index in [9.17, 15) is 13.6 Å². The lowest BCUT2D eigenvalue weighted by atomic mass is 9.68. The Morgan fingerprint density at radius 2 is 1.70 bits per heavy atom. The van der Waals surface area contributed by atoms with E-state index in [1.807, 2.05) is 50.8 Å². The normalized spacial score (nSPS) is 25.9. The lowest BCUT2D eigenvalue weighted by Crippen LogP contribution is -2.53. The van der Waals surface area contributed by atoms with Crippen LogP contribution in [-0.4, -0.2) is 47.6 Å². The highest BCUT2D eigenvalue weighted by atomic mass is 31.1. The highest BCUT2D eigenvalue weighted by molar-refractivity contribution is 7.38. The zero-order chi connectivity index (χ0) is 24.0. The number of benzene rings is 2. The first-order valence-electron chi connectivity index (χ1n) is 10.7. The van der Waals surface area contributed by atoms with Crippen molar-refractivity contribution in [2.75, 3.05) is 25.5 Å². The van der Waals surface area contributed by atoms with Crippen LogP contribution in [0.4, 0.5) is 23.7 Å². The molecule has 1 aliphatic heterocycles. The Kier molecular flexibility index (Phi) is 6.41. The maximum Gasteiger partial charge on any atom is 0.353 e. The van der Waals surface area contributed by atoms with Gasteiger partial charge in [0.1, 0.15) is 5.75 Å². The molecule has 5 nitrogen and oxygen atoms in total. The monoisotopic (exact) mass is 497 g/mol. The number of nitrogens with zero attached hydrogens (tertiary/aromatic N) is 3. The predicted molar refractivity (Wildman–Crippen MR) is 129 cm³/mol. The number of ether oxygens (including phenoxy) is 1. The summed E-state index contributed by atoms with van der Waals surface area (Å²) >= 11 is 0. The van der Waals surface area contributed by atoms with Gasteiger partial charge in [0.25, 0.3) is 5.34 Å². The molecule has 1 heterocycles. The fourth-order valence-electron chi connectivity index (χ4n) is 5.10. The van der Waals surface area contributed by atoms with Crippen molar-refractivity contribution in [2.45, 2.75) is 42.1 Å². The van der Waals surface area contributed by atoms with Crippen molar-refractivity contribution in [1.29, 1.82) is 0 Å². The van der Waals surface area contributed by atoms with Gasteiger partial charge in [0, 0.05) is 11.6 Å². The van der Waals surface area contributed by atoms with Crippen molar-refractivity contribution >= 4 is 30.2 Å². The molecule has 1 saturated heterocycles. The number of amides is 2. The van der Waals surface area contributed by atoms with Gasteiger partial charge in [-0.1, -0.05) is 34.8 Å². The minimum atomic E-state index is -2.14. The number of halogens is 3. The number of rotatable bonds is 5. The van der Waals surface area contributed by atoms with Gasteiger partial charge < -0.3 is 4.74 Å². The third-order valence-electron chi connectivity index (χ3n) is 6.93. The topological polar surface area (TPSA) is 36.0 Å². The second kappa shape index (κ2) is 8.72. The summed E-state index contributed by atoms with van der Waals surface area (Å²) < 4.78 is 48.8. The number of hydrogen-bond acceptors (Lipinski definition) is 3.